The van der Waals surface area contributed by atoms with Gasteiger partial charge in [-0.15, -0.1) is 0 Å². The number of aliphatic imine (C=N–C) groups is 1. The van der Waals surface area contributed by atoms with Gasteiger partial charge in [0.2, 0.25) is 10.0 Å². The van der Waals surface area contributed by atoms with Crippen LogP contribution in [0.4, 0.5) is 0 Å². The van der Waals surface area contributed by atoms with Crippen molar-refractivity contribution in [2.75, 3.05) is 31.6 Å². The summed E-state index contributed by atoms with van der Waals surface area (Å²) in [6.45, 7) is 5.82. The molecule has 0 amide bonds. The van der Waals surface area contributed by atoms with Crippen molar-refractivity contribution in [3.8, 4) is 0 Å². The van der Waals surface area contributed by atoms with Gasteiger partial charge in [0.25, 0.3) is 0 Å². The molecule has 4 atom stereocenters. The smallest absolute Gasteiger partial charge is 0.211 e. The first-order valence-electron chi connectivity index (χ1n) is 9.74. The van der Waals surface area contributed by atoms with E-state index in [9.17, 15) is 12.6 Å². The molecule has 2 N–H and O–H groups in total. The van der Waals surface area contributed by atoms with Gasteiger partial charge in [-0.3, -0.25) is 9.20 Å². The molecule has 0 aromatic carbocycles. The molecule has 26 heavy (non-hydrogen) atoms. The second kappa shape index (κ2) is 10.0. The number of hydrogen-bond donors (Lipinski definition) is 2. The van der Waals surface area contributed by atoms with Gasteiger partial charge >= 0.3 is 0 Å². The molecule has 0 radical (unpaired) electrons. The Morgan fingerprint density at radius 3 is 2.65 bits per heavy atom. The molecule has 2 rings (SSSR count). The molecule has 0 aromatic heterocycles. The molecule has 1 saturated heterocycles. The molecular formula is C17H34N4O3S2. The van der Waals surface area contributed by atoms with Gasteiger partial charge < -0.3 is 10.6 Å². The fraction of sp³-hybridized carbons (Fsp3) is 0.941. The van der Waals surface area contributed by atoms with Crippen molar-refractivity contribution in [2.24, 2.45) is 4.99 Å². The number of rotatable bonds is 7. The summed E-state index contributed by atoms with van der Waals surface area (Å²) in [7, 11) is -3.92. The number of hydrogen-bond acceptors (Lipinski definition) is 4. The van der Waals surface area contributed by atoms with Crippen LogP contribution in [0.15, 0.2) is 4.99 Å². The summed E-state index contributed by atoms with van der Waals surface area (Å²) in [6.07, 6.45) is 7.11. The van der Waals surface area contributed by atoms with Crippen LogP contribution in [0.25, 0.3) is 0 Å². The first-order valence-corrected chi connectivity index (χ1v) is 13.0. The Bertz CT molecular complexity index is 609. The lowest BCUT2D eigenvalue weighted by atomic mass is 9.95. The van der Waals surface area contributed by atoms with E-state index in [-0.39, 0.29) is 17.3 Å². The third-order valence-corrected chi connectivity index (χ3v) is 8.25. The van der Waals surface area contributed by atoms with E-state index in [0.29, 0.717) is 18.8 Å². The summed E-state index contributed by atoms with van der Waals surface area (Å²) in [4.78, 5) is 4.66. The lowest BCUT2D eigenvalue weighted by Crippen LogP contribution is -2.47. The van der Waals surface area contributed by atoms with Crippen molar-refractivity contribution >= 4 is 26.8 Å². The number of nitrogens with zero attached hydrogens (tertiary/aromatic N) is 2. The van der Waals surface area contributed by atoms with Crippen molar-refractivity contribution < 1.29 is 12.6 Å². The SMILES string of the molecule is CCNC(=NC[C@H]1CCCN1S(C)(=O)=O)NC1CCCC(S(=O)CC)C1. The zero-order valence-electron chi connectivity index (χ0n) is 16.2. The summed E-state index contributed by atoms with van der Waals surface area (Å²) in [6, 6.07) is 0.226. The van der Waals surface area contributed by atoms with Gasteiger partial charge in [-0.25, -0.2) is 8.42 Å². The maximum absolute atomic E-state index is 12.1. The molecule has 0 bridgehead atoms. The maximum atomic E-state index is 12.1. The molecule has 1 heterocycles. The molecule has 9 heteroatoms. The lowest BCUT2D eigenvalue weighted by molar-refractivity contribution is 0.393. The Kier molecular flexibility index (Phi) is 8.35. The van der Waals surface area contributed by atoms with Gasteiger partial charge in [-0.2, -0.15) is 4.31 Å². The molecule has 0 aromatic rings. The van der Waals surface area contributed by atoms with Crippen LogP contribution in [0.1, 0.15) is 52.4 Å². The van der Waals surface area contributed by atoms with E-state index in [4.69, 9.17) is 0 Å². The average Bonchev–Trinajstić information content (AvgIpc) is 3.08. The van der Waals surface area contributed by atoms with Crippen molar-refractivity contribution in [1.82, 2.24) is 14.9 Å². The first kappa shape index (κ1) is 21.6. The molecule has 3 unspecified atom stereocenters. The minimum absolute atomic E-state index is 0.0489. The van der Waals surface area contributed by atoms with Crippen LogP contribution in [0, 0.1) is 0 Å². The van der Waals surface area contributed by atoms with E-state index >= 15 is 0 Å². The molecule has 152 valence electrons. The fourth-order valence-corrected chi connectivity index (χ4v) is 6.41. The highest BCUT2D eigenvalue weighted by molar-refractivity contribution is 7.88. The third kappa shape index (κ3) is 6.20. The van der Waals surface area contributed by atoms with Gasteiger partial charge in [0, 0.05) is 47.0 Å². The van der Waals surface area contributed by atoms with E-state index in [1.807, 2.05) is 13.8 Å². The zero-order valence-corrected chi connectivity index (χ0v) is 17.9. The van der Waals surface area contributed by atoms with Gasteiger partial charge in [0.1, 0.15) is 0 Å². The minimum atomic E-state index is -3.17. The fourth-order valence-electron chi connectivity index (χ4n) is 3.89. The molecule has 0 spiro atoms. The Morgan fingerprint density at radius 2 is 2.00 bits per heavy atom. The van der Waals surface area contributed by atoms with Crippen LogP contribution in [0.3, 0.4) is 0 Å². The quantitative estimate of drug-likeness (QED) is 0.487. The lowest BCUT2D eigenvalue weighted by Gasteiger charge is -2.30. The second-order valence-electron chi connectivity index (χ2n) is 7.19. The second-order valence-corrected chi connectivity index (χ2v) is 11.1. The van der Waals surface area contributed by atoms with E-state index in [1.165, 1.54) is 6.26 Å². The van der Waals surface area contributed by atoms with Crippen molar-refractivity contribution in [3.63, 3.8) is 0 Å². The topological polar surface area (TPSA) is 90.9 Å². The Balaban J connectivity index is 1.97. The molecular weight excluding hydrogens is 372 g/mol. The highest BCUT2D eigenvalue weighted by Crippen LogP contribution is 2.23. The maximum Gasteiger partial charge on any atom is 0.211 e. The van der Waals surface area contributed by atoms with Crippen molar-refractivity contribution in [1.29, 1.82) is 0 Å². The number of guanidine groups is 1. The molecule has 1 saturated carbocycles. The monoisotopic (exact) mass is 406 g/mol. The van der Waals surface area contributed by atoms with E-state index in [1.54, 1.807) is 4.31 Å². The highest BCUT2D eigenvalue weighted by Gasteiger charge is 2.31. The predicted molar refractivity (Wildman–Crippen MR) is 108 cm³/mol. The Hall–Kier alpha value is -0.670. The van der Waals surface area contributed by atoms with E-state index in [0.717, 1.165) is 51.0 Å². The molecule has 1 aliphatic heterocycles. The van der Waals surface area contributed by atoms with Crippen LogP contribution in [0.5, 0.6) is 0 Å². The summed E-state index contributed by atoms with van der Waals surface area (Å²) in [5.41, 5.74) is 0. The van der Waals surface area contributed by atoms with E-state index in [2.05, 4.69) is 15.6 Å². The van der Waals surface area contributed by atoms with Crippen molar-refractivity contribution in [3.05, 3.63) is 0 Å². The highest BCUT2D eigenvalue weighted by atomic mass is 32.2. The molecule has 7 nitrogen and oxygen atoms in total. The van der Waals surface area contributed by atoms with Gasteiger partial charge in [0.05, 0.1) is 12.8 Å². The molecule has 1 aliphatic carbocycles. The van der Waals surface area contributed by atoms with Crippen LogP contribution < -0.4 is 10.6 Å². The first-order chi connectivity index (χ1) is 12.3. The van der Waals surface area contributed by atoms with Gasteiger partial charge in [-0.05, 0) is 39.0 Å². The molecule has 2 aliphatic rings. The van der Waals surface area contributed by atoms with Crippen LogP contribution >= 0.6 is 0 Å². The van der Waals surface area contributed by atoms with Gasteiger partial charge in [-0.1, -0.05) is 13.3 Å². The van der Waals surface area contributed by atoms with Crippen LogP contribution in [-0.4, -0.2) is 71.9 Å². The Labute approximate surface area is 160 Å². The van der Waals surface area contributed by atoms with Crippen LogP contribution in [-0.2, 0) is 20.8 Å². The van der Waals surface area contributed by atoms with E-state index < -0.39 is 20.8 Å². The summed E-state index contributed by atoms with van der Waals surface area (Å²) in [5, 5.41) is 7.01. The zero-order chi connectivity index (χ0) is 19.2. The normalized spacial score (nSPS) is 29.5. The summed E-state index contributed by atoms with van der Waals surface area (Å²) < 4.78 is 37.5. The summed E-state index contributed by atoms with van der Waals surface area (Å²) in [5.74, 6) is 1.45. The van der Waals surface area contributed by atoms with Crippen molar-refractivity contribution in [2.45, 2.75) is 69.7 Å². The standard InChI is InChI=1S/C17H34N4O3S2/c1-4-18-17(19-13-15-9-7-11-21(15)26(3,23)24)20-14-8-6-10-16(12-14)25(22)5-2/h14-16H,4-13H2,1-3H3,(H2,18,19,20)/t14?,15-,16?,25?/m1/s1. The average molecular weight is 407 g/mol. The minimum Gasteiger partial charge on any atom is -0.357 e. The molecule has 2 fully saturated rings. The third-order valence-electron chi connectivity index (χ3n) is 5.18. The number of nitrogens with one attached hydrogen (secondary N) is 2. The predicted octanol–water partition coefficient (Wildman–Crippen LogP) is 1.05. The Morgan fingerprint density at radius 1 is 1.23 bits per heavy atom. The largest absolute Gasteiger partial charge is 0.357 e. The number of sulfonamides is 1. The summed E-state index contributed by atoms with van der Waals surface area (Å²) >= 11 is 0. The van der Waals surface area contributed by atoms with Gasteiger partial charge in [0.15, 0.2) is 5.96 Å². The van der Waals surface area contributed by atoms with Crippen LogP contribution in [0.2, 0.25) is 0 Å².